The first kappa shape index (κ1) is 12.0. The number of carboxylic acids is 1. The molecule has 0 fully saturated rings. The molecule has 4 nitrogen and oxygen atoms in total. The standard InChI is InChI=1S/C13H11FN2O2/c1-16-8-11(9-2-4-10(14)5-3-9)12(15-16)6-7-13(17)18/h2-8H,1H3,(H,17,18)/b7-6+. The van der Waals surface area contributed by atoms with Crippen molar-refractivity contribution >= 4 is 12.0 Å². The predicted molar refractivity (Wildman–Crippen MR) is 65.3 cm³/mol. The van der Waals surface area contributed by atoms with Gasteiger partial charge in [-0.05, 0) is 23.8 Å². The number of rotatable bonds is 3. The largest absolute Gasteiger partial charge is 0.478 e. The summed E-state index contributed by atoms with van der Waals surface area (Å²) in [5.41, 5.74) is 2.08. The van der Waals surface area contributed by atoms with Crippen molar-refractivity contribution in [3.63, 3.8) is 0 Å². The third-order valence-electron chi connectivity index (χ3n) is 2.40. The third kappa shape index (κ3) is 2.63. The highest BCUT2D eigenvalue weighted by atomic mass is 19.1. The second-order valence-corrected chi connectivity index (χ2v) is 3.78. The highest BCUT2D eigenvalue weighted by Crippen LogP contribution is 2.23. The molecule has 0 saturated heterocycles. The number of carboxylic acid groups (broad SMARTS) is 1. The molecule has 0 spiro atoms. The van der Waals surface area contributed by atoms with Crippen LogP contribution in [0, 0.1) is 5.82 Å². The number of nitrogens with zero attached hydrogens (tertiary/aromatic N) is 2. The highest BCUT2D eigenvalue weighted by Gasteiger charge is 2.07. The SMILES string of the molecule is Cn1cc(-c2ccc(F)cc2)c(/C=C/C(=O)O)n1. The van der Waals surface area contributed by atoms with Crippen LogP contribution in [0.4, 0.5) is 4.39 Å². The van der Waals surface area contributed by atoms with Crippen molar-refractivity contribution in [2.24, 2.45) is 7.05 Å². The quantitative estimate of drug-likeness (QED) is 0.845. The Morgan fingerprint density at radius 2 is 2.06 bits per heavy atom. The lowest BCUT2D eigenvalue weighted by molar-refractivity contribution is -0.131. The van der Waals surface area contributed by atoms with Gasteiger partial charge in [0.2, 0.25) is 0 Å². The maximum atomic E-state index is 12.8. The van der Waals surface area contributed by atoms with E-state index in [0.29, 0.717) is 5.69 Å². The van der Waals surface area contributed by atoms with Gasteiger partial charge in [0.1, 0.15) is 5.82 Å². The van der Waals surface area contributed by atoms with E-state index in [4.69, 9.17) is 5.11 Å². The molecule has 5 heteroatoms. The Kier molecular flexibility index (Phi) is 3.23. The summed E-state index contributed by atoms with van der Waals surface area (Å²) in [7, 11) is 1.74. The fourth-order valence-electron chi connectivity index (χ4n) is 1.63. The van der Waals surface area contributed by atoms with Gasteiger partial charge in [-0.3, -0.25) is 4.68 Å². The molecule has 92 valence electrons. The van der Waals surface area contributed by atoms with Gasteiger partial charge in [0, 0.05) is 24.9 Å². The van der Waals surface area contributed by atoms with Crippen LogP contribution in [-0.2, 0) is 11.8 Å². The first-order valence-corrected chi connectivity index (χ1v) is 5.27. The average molecular weight is 246 g/mol. The van der Waals surface area contributed by atoms with Gasteiger partial charge in [-0.15, -0.1) is 0 Å². The van der Waals surface area contributed by atoms with Crippen molar-refractivity contribution in [3.8, 4) is 11.1 Å². The monoisotopic (exact) mass is 246 g/mol. The smallest absolute Gasteiger partial charge is 0.328 e. The number of hydrogen-bond donors (Lipinski definition) is 1. The number of benzene rings is 1. The van der Waals surface area contributed by atoms with Crippen molar-refractivity contribution < 1.29 is 14.3 Å². The molecule has 0 unspecified atom stereocenters. The van der Waals surface area contributed by atoms with E-state index in [1.807, 2.05) is 0 Å². The molecule has 0 radical (unpaired) electrons. The number of hydrogen-bond acceptors (Lipinski definition) is 2. The van der Waals surface area contributed by atoms with Crippen molar-refractivity contribution in [1.29, 1.82) is 0 Å². The Morgan fingerprint density at radius 3 is 2.67 bits per heavy atom. The molecule has 1 heterocycles. The molecular weight excluding hydrogens is 235 g/mol. The third-order valence-corrected chi connectivity index (χ3v) is 2.40. The van der Waals surface area contributed by atoms with Crippen LogP contribution in [0.2, 0.25) is 0 Å². The molecule has 0 aliphatic carbocycles. The summed E-state index contributed by atoms with van der Waals surface area (Å²) < 4.78 is 14.4. The molecule has 2 rings (SSSR count). The fraction of sp³-hybridized carbons (Fsp3) is 0.0769. The lowest BCUT2D eigenvalue weighted by Gasteiger charge is -1.98. The van der Waals surface area contributed by atoms with E-state index in [2.05, 4.69) is 5.10 Å². The molecule has 0 aliphatic heterocycles. The lowest BCUT2D eigenvalue weighted by atomic mass is 10.1. The van der Waals surface area contributed by atoms with Gasteiger partial charge in [0.25, 0.3) is 0 Å². The van der Waals surface area contributed by atoms with Crippen LogP contribution in [-0.4, -0.2) is 20.9 Å². The van der Waals surface area contributed by atoms with Crippen LogP contribution in [0.5, 0.6) is 0 Å². The molecule has 18 heavy (non-hydrogen) atoms. The van der Waals surface area contributed by atoms with Gasteiger partial charge in [0.05, 0.1) is 5.69 Å². The molecule has 2 aromatic rings. The summed E-state index contributed by atoms with van der Waals surface area (Å²) in [5, 5.41) is 12.8. The van der Waals surface area contributed by atoms with Gasteiger partial charge < -0.3 is 5.11 Å². The minimum atomic E-state index is -1.04. The van der Waals surface area contributed by atoms with E-state index < -0.39 is 5.97 Å². The Labute approximate surface area is 103 Å². The number of halogens is 1. The molecule has 0 amide bonds. The summed E-state index contributed by atoms with van der Waals surface area (Å²) in [6.45, 7) is 0. The summed E-state index contributed by atoms with van der Waals surface area (Å²) in [6.07, 6.45) is 4.20. The van der Waals surface area contributed by atoms with Crippen LogP contribution in [0.25, 0.3) is 17.2 Å². The van der Waals surface area contributed by atoms with Gasteiger partial charge in [-0.25, -0.2) is 9.18 Å². The Morgan fingerprint density at radius 1 is 1.39 bits per heavy atom. The predicted octanol–water partition coefficient (Wildman–Crippen LogP) is 2.32. The molecule has 1 N–H and O–H groups in total. The van der Waals surface area contributed by atoms with Crippen molar-refractivity contribution in [1.82, 2.24) is 9.78 Å². The van der Waals surface area contributed by atoms with Gasteiger partial charge in [-0.1, -0.05) is 12.1 Å². The summed E-state index contributed by atoms with van der Waals surface area (Å²) in [6, 6.07) is 5.97. The van der Waals surface area contributed by atoms with Gasteiger partial charge in [-0.2, -0.15) is 5.10 Å². The van der Waals surface area contributed by atoms with E-state index in [1.165, 1.54) is 18.2 Å². The zero-order valence-electron chi connectivity index (χ0n) is 9.67. The van der Waals surface area contributed by atoms with Crippen LogP contribution in [0.15, 0.2) is 36.5 Å². The number of aromatic nitrogens is 2. The number of aliphatic carboxylic acids is 1. The van der Waals surface area contributed by atoms with Crippen molar-refractivity contribution in [3.05, 3.63) is 48.0 Å². The second-order valence-electron chi connectivity index (χ2n) is 3.78. The minimum absolute atomic E-state index is 0.315. The molecular formula is C13H11FN2O2. The van der Waals surface area contributed by atoms with Crippen LogP contribution in [0.3, 0.4) is 0 Å². The first-order valence-electron chi connectivity index (χ1n) is 5.27. The van der Waals surface area contributed by atoms with Crippen molar-refractivity contribution in [2.75, 3.05) is 0 Å². The number of aryl methyl sites for hydroxylation is 1. The molecule has 0 saturated carbocycles. The number of carbonyl (C=O) groups is 1. The average Bonchev–Trinajstić information content (AvgIpc) is 2.69. The highest BCUT2D eigenvalue weighted by molar-refractivity contribution is 5.87. The summed E-state index contributed by atoms with van der Waals surface area (Å²) >= 11 is 0. The fourth-order valence-corrected chi connectivity index (χ4v) is 1.63. The Hall–Kier alpha value is -2.43. The molecule has 0 atom stereocenters. The zero-order chi connectivity index (χ0) is 13.1. The van der Waals surface area contributed by atoms with E-state index in [0.717, 1.165) is 17.2 Å². The van der Waals surface area contributed by atoms with Gasteiger partial charge in [0.15, 0.2) is 0 Å². The maximum absolute atomic E-state index is 12.8. The second kappa shape index (κ2) is 4.83. The van der Waals surface area contributed by atoms with Crippen molar-refractivity contribution in [2.45, 2.75) is 0 Å². The summed E-state index contributed by atoms with van der Waals surface area (Å²) in [5.74, 6) is -1.35. The molecule has 0 aliphatic rings. The topological polar surface area (TPSA) is 55.1 Å². The lowest BCUT2D eigenvalue weighted by Crippen LogP contribution is -1.89. The van der Waals surface area contributed by atoms with E-state index >= 15 is 0 Å². The van der Waals surface area contributed by atoms with Crippen LogP contribution < -0.4 is 0 Å². The van der Waals surface area contributed by atoms with E-state index in [9.17, 15) is 9.18 Å². The Balaban J connectivity index is 2.44. The maximum Gasteiger partial charge on any atom is 0.328 e. The van der Waals surface area contributed by atoms with E-state index in [-0.39, 0.29) is 5.82 Å². The van der Waals surface area contributed by atoms with E-state index in [1.54, 1.807) is 30.1 Å². The summed E-state index contributed by atoms with van der Waals surface area (Å²) in [4.78, 5) is 10.5. The zero-order valence-corrected chi connectivity index (χ0v) is 9.67. The molecule has 0 bridgehead atoms. The van der Waals surface area contributed by atoms with Crippen LogP contribution >= 0.6 is 0 Å². The molecule has 1 aromatic heterocycles. The van der Waals surface area contributed by atoms with Crippen LogP contribution in [0.1, 0.15) is 5.69 Å². The van der Waals surface area contributed by atoms with Gasteiger partial charge >= 0.3 is 5.97 Å². The first-order chi connectivity index (χ1) is 8.56. The minimum Gasteiger partial charge on any atom is -0.478 e. The Bertz CT molecular complexity index is 600. The molecule has 1 aromatic carbocycles. The normalized spacial score (nSPS) is 11.0.